The molecule has 16 heavy (non-hydrogen) atoms. The Morgan fingerprint density at radius 2 is 2.06 bits per heavy atom. The molecule has 0 saturated carbocycles. The van der Waals surface area contributed by atoms with Crippen molar-refractivity contribution in [2.24, 2.45) is 5.73 Å². The Labute approximate surface area is 94.4 Å². The van der Waals surface area contributed by atoms with Gasteiger partial charge in [0, 0.05) is 12.7 Å². The minimum atomic E-state index is -0.638. The van der Waals surface area contributed by atoms with E-state index in [-0.39, 0.29) is 11.7 Å². The van der Waals surface area contributed by atoms with Crippen molar-refractivity contribution in [3.05, 3.63) is 35.4 Å². The molecule has 4 heteroatoms. The first kappa shape index (κ1) is 13.1. The minimum Gasteiger partial charge on any atom is -0.379 e. The standard InChI is InChI=1S/C12H17F2NO/c1-3-4-11(16-2)12(15)9-7-8(13)5-6-10(9)14/h5-7,11-12H,3-4,15H2,1-2H3. The Kier molecular flexibility index (Phi) is 4.83. The maximum Gasteiger partial charge on any atom is 0.128 e. The molecule has 0 aliphatic rings. The summed E-state index contributed by atoms with van der Waals surface area (Å²) >= 11 is 0. The second-order valence-electron chi connectivity index (χ2n) is 3.75. The van der Waals surface area contributed by atoms with Crippen molar-refractivity contribution in [1.82, 2.24) is 0 Å². The van der Waals surface area contributed by atoms with Gasteiger partial charge in [-0.15, -0.1) is 0 Å². The van der Waals surface area contributed by atoms with Crippen molar-refractivity contribution >= 4 is 0 Å². The van der Waals surface area contributed by atoms with Gasteiger partial charge in [0.25, 0.3) is 0 Å². The van der Waals surface area contributed by atoms with Gasteiger partial charge in [0.15, 0.2) is 0 Å². The third kappa shape index (κ3) is 3.00. The molecule has 0 aliphatic heterocycles. The number of methoxy groups -OCH3 is 1. The predicted molar refractivity (Wildman–Crippen MR) is 59.0 cm³/mol. The molecule has 1 rings (SSSR count). The van der Waals surface area contributed by atoms with Crippen LogP contribution in [0.5, 0.6) is 0 Å². The lowest BCUT2D eigenvalue weighted by Crippen LogP contribution is -2.28. The fraction of sp³-hybridized carbons (Fsp3) is 0.500. The van der Waals surface area contributed by atoms with E-state index in [2.05, 4.69) is 0 Å². The van der Waals surface area contributed by atoms with Crippen LogP contribution in [0, 0.1) is 11.6 Å². The number of benzene rings is 1. The first-order valence-electron chi connectivity index (χ1n) is 5.33. The van der Waals surface area contributed by atoms with E-state index in [1.165, 1.54) is 7.11 Å². The summed E-state index contributed by atoms with van der Waals surface area (Å²) in [7, 11) is 1.53. The van der Waals surface area contributed by atoms with Crippen LogP contribution in [0.3, 0.4) is 0 Å². The largest absolute Gasteiger partial charge is 0.379 e. The summed E-state index contributed by atoms with van der Waals surface area (Å²) in [5, 5.41) is 0. The van der Waals surface area contributed by atoms with E-state index in [1.807, 2.05) is 6.92 Å². The number of hydrogen-bond donors (Lipinski definition) is 1. The highest BCUT2D eigenvalue weighted by molar-refractivity contribution is 5.23. The molecule has 2 N–H and O–H groups in total. The van der Waals surface area contributed by atoms with Crippen LogP contribution in [0.4, 0.5) is 8.78 Å². The molecule has 0 bridgehead atoms. The van der Waals surface area contributed by atoms with Crippen LogP contribution in [-0.2, 0) is 4.74 Å². The molecule has 0 heterocycles. The summed E-state index contributed by atoms with van der Waals surface area (Å²) < 4.78 is 31.6. The minimum absolute atomic E-state index is 0.167. The maximum absolute atomic E-state index is 13.5. The fourth-order valence-corrected chi connectivity index (χ4v) is 1.70. The van der Waals surface area contributed by atoms with Crippen molar-refractivity contribution in [1.29, 1.82) is 0 Å². The summed E-state index contributed by atoms with van der Waals surface area (Å²) in [5.74, 6) is -0.981. The normalized spacial score (nSPS) is 14.8. The highest BCUT2D eigenvalue weighted by atomic mass is 19.1. The van der Waals surface area contributed by atoms with Crippen LogP contribution in [0.2, 0.25) is 0 Å². The molecule has 0 fully saturated rings. The second kappa shape index (κ2) is 5.92. The molecule has 0 aliphatic carbocycles. The van der Waals surface area contributed by atoms with Crippen molar-refractivity contribution in [2.45, 2.75) is 31.9 Å². The maximum atomic E-state index is 13.5. The van der Waals surface area contributed by atoms with E-state index in [0.717, 1.165) is 24.6 Å². The molecule has 2 nitrogen and oxygen atoms in total. The van der Waals surface area contributed by atoms with Crippen LogP contribution in [0.1, 0.15) is 31.4 Å². The molecule has 0 saturated heterocycles. The monoisotopic (exact) mass is 229 g/mol. The Morgan fingerprint density at radius 1 is 1.38 bits per heavy atom. The average Bonchev–Trinajstić information content (AvgIpc) is 2.28. The van der Waals surface area contributed by atoms with Gasteiger partial charge in [-0.2, -0.15) is 0 Å². The van der Waals surface area contributed by atoms with E-state index in [9.17, 15) is 8.78 Å². The van der Waals surface area contributed by atoms with E-state index >= 15 is 0 Å². The third-order valence-electron chi connectivity index (χ3n) is 2.59. The SMILES string of the molecule is CCCC(OC)C(N)c1cc(F)ccc1F. The Balaban J connectivity index is 2.93. The van der Waals surface area contributed by atoms with Crippen LogP contribution in [0.25, 0.3) is 0 Å². The summed E-state index contributed by atoms with van der Waals surface area (Å²) in [4.78, 5) is 0. The Morgan fingerprint density at radius 3 is 2.62 bits per heavy atom. The zero-order chi connectivity index (χ0) is 12.1. The Hall–Kier alpha value is -1.00. The van der Waals surface area contributed by atoms with Crippen molar-refractivity contribution < 1.29 is 13.5 Å². The van der Waals surface area contributed by atoms with Gasteiger partial charge in [0.1, 0.15) is 11.6 Å². The molecule has 1 aromatic carbocycles. The predicted octanol–water partition coefficient (Wildman–Crippen LogP) is 2.78. The third-order valence-corrected chi connectivity index (χ3v) is 2.59. The molecular formula is C12H17F2NO. The van der Waals surface area contributed by atoms with Gasteiger partial charge >= 0.3 is 0 Å². The van der Waals surface area contributed by atoms with Gasteiger partial charge in [-0.05, 0) is 24.6 Å². The summed E-state index contributed by atoms with van der Waals surface area (Å²) in [6, 6.07) is 2.65. The van der Waals surface area contributed by atoms with E-state index in [0.29, 0.717) is 6.42 Å². The zero-order valence-electron chi connectivity index (χ0n) is 9.54. The molecule has 0 spiro atoms. The van der Waals surface area contributed by atoms with Gasteiger partial charge < -0.3 is 10.5 Å². The van der Waals surface area contributed by atoms with Crippen molar-refractivity contribution in [2.75, 3.05) is 7.11 Å². The van der Waals surface area contributed by atoms with Crippen molar-refractivity contribution in [3.8, 4) is 0 Å². The van der Waals surface area contributed by atoms with E-state index < -0.39 is 17.7 Å². The first-order valence-corrected chi connectivity index (χ1v) is 5.33. The number of nitrogens with two attached hydrogens (primary N) is 1. The number of ether oxygens (including phenoxy) is 1. The van der Waals surface area contributed by atoms with Crippen LogP contribution < -0.4 is 5.73 Å². The highest BCUT2D eigenvalue weighted by Crippen LogP contribution is 2.23. The molecule has 0 aromatic heterocycles. The highest BCUT2D eigenvalue weighted by Gasteiger charge is 2.21. The quantitative estimate of drug-likeness (QED) is 0.842. The molecule has 0 radical (unpaired) electrons. The van der Waals surface area contributed by atoms with E-state index in [1.54, 1.807) is 0 Å². The fourth-order valence-electron chi connectivity index (χ4n) is 1.70. The summed E-state index contributed by atoms with van der Waals surface area (Å²) in [5.41, 5.74) is 6.04. The summed E-state index contributed by atoms with van der Waals surface area (Å²) in [6.45, 7) is 1.99. The molecule has 90 valence electrons. The molecular weight excluding hydrogens is 212 g/mol. The van der Waals surface area contributed by atoms with Gasteiger partial charge in [0.2, 0.25) is 0 Å². The molecule has 0 amide bonds. The zero-order valence-corrected chi connectivity index (χ0v) is 9.54. The molecule has 2 unspecified atom stereocenters. The lowest BCUT2D eigenvalue weighted by atomic mass is 9.98. The number of halogens is 2. The smallest absolute Gasteiger partial charge is 0.128 e. The number of hydrogen-bond acceptors (Lipinski definition) is 2. The topological polar surface area (TPSA) is 35.2 Å². The van der Waals surface area contributed by atoms with Crippen molar-refractivity contribution in [3.63, 3.8) is 0 Å². The molecule has 1 aromatic rings. The van der Waals surface area contributed by atoms with Crippen LogP contribution >= 0.6 is 0 Å². The summed E-state index contributed by atoms with van der Waals surface area (Å²) in [6.07, 6.45) is 1.30. The molecule has 2 atom stereocenters. The van der Waals surface area contributed by atoms with Gasteiger partial charge in [0.05, 0.1) is 12.1 Å². The second-order valence-corrected chi connectivity index (χ2v) is 3.75. The lowest BCUT2D eigenvalue weighted by molar-refractivity contribution is 0.0714. The number of rotatable bonds is 5. The van der Waals surface area contributed by atoms with E-state index in [4.69, 9.17) is 10.5 Å². The lowest BCUT2D eigenvalue weighted by Gasteiger charge is -2.22. The van der Waals surface area contributed by atoms with Gasteiger partial charge in [-0.1, -0.05) is 13.3 Å². The van der Waals surface area contributed by atoms with Crippen LogP contribution in [0.15, 0.2) is 18.2 Å². The van der Waals surface area contributed by atoms with Crippen LogP contribution in [-0.4, -0.2) is 13.2 Å². The first-order chi connectivity index (χ1) is 7.60. The van der Waals surface area contributed by atoms with Gasteiger partial charge in [-0.3, -0.25) is 0 Å². The van der Waals surface area contributed by atoms with Gasteiger partial charge in [-0.25, -0.2) is 8.78 Å². The Bertz CT molecular complexity index is 344. The average molecular weight is 229 g/mol.